The van der Waals surface area contributed by atoms with Gasteiger partial charge in [-0.1, -0.05) is 6.92 Å². The number of ether oxygens (including phenoxy) is 2. The third kappa shape index (κ3) is 3.68. The summed E-state index contributed by atoms with van der Waals surface area (Å²) in [6, 6.07) is -0.384. The van der Waals surface area contributed by atoms with Gasteiger partial charge >= 0.3 is 5.97 Å². The lowest BCUT2D eigenvalue weighted by atomic mass is 10.0. The molecule has 6 nitrogen and oxygen atoms in total. The number of nitrogens with zero attached hydrogens (tertiary/aromatic N) is 1. The van der Waals surface area contributed by atoms with Gasteiger partial charge in [-0.15, -0.1) is 0 Å². The van der Waals surface area contributed by atoms with E-state index in [9.17, 15) is 9.59 Å². The summed E-state index contributed by atoms with van der Waals surface area (Å²) in [5, 5.41) is 9.07. The first-order chi connectivity index (χ1) is 8.61. The third-order valence-electron chi connectivity index (χ3n) is 3.00. The molecule has 1 amide bonds. The smallest absolute Gasteiger partial charge is 0.311 e. The fraction of sp³-hybridized carbons (Fsp3) is 0.833. The Morgan fingerprint density at radius 3 is 2.67 bits per heavy atom. The van der Waals surface area contributed by atoms with Crippen molar-refractivity contribution in [3.8, 4) is 0 Å². The Labute approximate surface area is 107 Å². The van der Waals surface area contributed by atoms with Crippen molar-refractivity contribution < 1.29 is 24.2 Å². The van der Waals surface area contributed by atoms with E-state index in [4.69, 9.17) is 14.6 Å². The Hall–Kier alpha value is -1.14. The van der Waals surface area contributed by atoms with Crippen molar-refractivity contribution in [2.75, 3.05) is 33.0 Å². The van der Waals surface area contributed by atoms with Gasteiger partial charge in [-0.05, 0) is 13.3 Å². The molecular weight excluding hydrogens is 238 g/mol. The number of hydrogen-bond donors (Lipinski definition) is 1. The van der Waals surface area contributed by atoms with Gasteiger partial charge in [0.25, 0.3) is 0 Å². The number of aliphatic carboxylic acids is 1. The highest BCUT2D eigenvalue weighted by Gasteiger charge is 2.39. The topological polar surface area (TPSA) is 76.1 Å². The maximum Gasteiger partial charge on any atom is 0.311 e. The Balaban J connectivity index is 2.58. The molecule has 0 spiro atoms. The molecule has 0 aromatic heterocycles. The molecule has 2 atom stereocenters. The lowest BCUT2D eigenvalue weighted by molar-refractivity contribution is -0.146. The molecule has 1 aliphatic heterocycles. The number of likely N-dealkylation sites (N-methyl/N-ethyl adjacent to an activating group) is 1. The van der Waals surface area contributed by atoms with Crippen LogP contribution in [0, 0.1) is 5.92 Å². The summed E-state index contributed by atoms with van der Waals surface area (Å²) < 4.78 is 10.4. The van der Waals surface area contributed by atoms with Gasteiger partial charge in [0, 0.05) is 13.2 Å². The minimum Gasteiger partial charge on any atom is -0.481 e. The Kier molecular flexibility index (Phi) is 6.07. The average molecular weight is 259 g/mol. The minimum absolute atomic E-state index is 0.00448. The van der Waals surface area contributed by atoms with Crippen molar-refractivity contribution >= 4 is 11.9 Å². The van der Waals surface area contributed by atoms with Crippen LogP contribution in [0.4, 0.5) is 0 Å². The van der Waals surface area contributed by atoms with E-state index in [0.717, 1.165) is 6.42 Å². The Morgan fingerprint density at radius 2 is 2.11 bits per heavy atom. The summed E-state index contributed by atoms with van der Waals surface area (Å²) >= 11 is 0. The van der Waals surface area contributed by atoms with E-state index in [-0.39, 0.29) is 31.8 Å². The van der Waals surface area contributed by atoms with Gasteiger partial charge in [-0.25, -0.2) is 0 Å². The number of hydrogen-bond acceptors (Lipinski definition) is 4. The molecule has 1 heterocycles. The molecule has 1 N–H and O–H groups in total. The quantitative estimate of drug-likeness (QED) is 0.668. The van der Waals surface area contributed by atoms with E-state index < -0.39 is 11.9 Å². The number of carboxylic acid groups (broad SMARTS) is 1. The molecule has 2 unspecified atom stereocenters. The average Bonchev–Trinajstić information content (AvgIpc) is 2.79. The predicted octanol–water partition coefficient (Wildman–Crippen LogP) is 0.361. The van der Waals surface area contributed by atoms with Crippen molar-refractivity contribution in [1.82, 2.24) is 4.90 Å². The first-order valence-corrected chi connectivity index (χ1v) is 6.29. The zero-order valence-electron chi connectivity index (χ0n) is 10.9. The van der Waals surface area contributed by atoms with Crippen molar-refractivity contribution in [1.29, 1.82) is 0 Å². The van der Waals surface area contributed by atoms with Crippen molar-refractivity contribution in [2.24, 2.45) is 5.92 Å². The highest BCUT2D eigenvalue weighted by Crippen LogP contribution is 2.20. The summed E-state index contributed by atoms with van der Waals surface area (Å²) in [5.74, 6) is -1.73. The first kappa shape index (κ1) is 14.9. The van der Waals surface area contributed by atoms with E-state index >= 15 is 0 Å². The minimum atomic E-state index is -0.918. The highest BCUT2D eigenvalue weighted by molar-refractivity contribution is 5.79. The van der Waals surface area contributed by atoms with E-state index in [1.165, 1.54) is 0 Å². The molecule has 1 saturated heterocycles. The molecule has 0 aromatic carbocycles. The summed E-state index contributed by atoms with van der Waals surface area (Å²) in [6.07, 6.45) is 0.851. The third-order valence-corrected chi connectivity index (χ3v) is 3.00. The molecule has 0 aromatic rings. The Morgan fingerprint density at radius 1 is 1.39 bits per heavy atom. The maximum atomic E-state index is 12.0. The lowest BCUT2D eigenvalue weighted by Crippen LogP contribution is -2.47. The zero-order valence-corrected chi connectivity index (χ0v) is 10.9. The normalized spacial score (nSPS) is 23.0. The second kappa shape index (κ2) is 7.33. The van der Waals surface area contributed by atoms with Gasteiger partial charge < -0.3 is 19.5 Å². The van der Waals surface area contributed by atoms with Crippen LogP contribution in [0.1, 0.15) is 20.3 Å². The summed E-state index contributed by atoms with van der Waals surface area (Å²) in [5.41, 5.74) is 0. The molecule has 0 saturated carbocycles. The summed E-state index contributed by atoms with van der Waals surface area (Å²) in [7, 11) is 0. The van der Waals surface area contributed by atoms with Gasteiger partial charge in [-0.2, -0.15) is 0 Å². The largest absolute Gasteiger partial charge is 0.481 e. The number of carbonyl (C=O) groups excluding carboxylic acids is 1. The van der Waals surface area contributed by atoms with Gasteiger partial charge in [0.15, 0.2) is 0 Å². The first-order valence-electron chi connectivity index (χ1n) is 6.29. The van der Waals surface area contributed by atoms with Crippen LogP contribution in [0.15, 0.2) is 0 Å². The number of rotatable bonds is 7. The molecule has 1 aliphatic rings. The number of carbonyl (C=O) groups is 2. The standard InChI is InChI=1S/C12H21NO5/c1-3-5-17-8-11(14)13(4-2)10-7-18-6-9(10)12(15)16/h9-10H,3-8H2,1-2H3,(H,15,16). The summed E-state index contributed by atoms with van der Waals surface area (Å²) in [6.45, 7) is 5.25. The number of amides is 1. The van der Waals surface area contributed by atoms with Crippen LogP contribution in [0.25, 0.3) is 0 Å². The predicted molar refractivity (Wildman–Crippen MR) is 64.2 cm³/mol. The number of carboxylic acids is 1. The van der Waals surface area contributed by atoms with E-state index in [2.05, 4.69) is 0 Å². The molecule has 0 radical (unpaired) electrons. The van der Waals surface area contributed by atoms with Crippen LogP contribution in [-0.2, 0) is 19.1 Å². The molecule has 0 bridgehead atoms. The molecule has 1 rings (SSSR count). The molecule has 18 heavy (non-hydrogen) atoms. The zero-order chi connectivity index (χ0) is 13.5. The molecule has 104 valence electrons. The van der Waals surface area contributed by atoms with Crippen LogP contribution in [0.3, 0.4) is 0 Å². The maximum absolute atomic E-state index is 12.0. The second-order valence-corrected chi connectivity index (χ2v) is 4.28. The van der Waals surface area contributed by atoms with E-state index in [0.29, 0.717) is 13.2 Å². The van der Waals surface area contributed by atoms with Crippen LogP contribution < -0.4 is 0 Å². The van der Waals surface area contributed by atoms with Crippen LogP contribution >= 0.6 is 0 Å². The molecule has 0 aliphatic carbocycles. The summed E-state index contributed by atoms with van der Waals surface area (Å²) in [4.78, 5) is 24.6. The van der Waals surface area contributed by atoms with Crippen molar-refractivity contribution in [2.45, 2.75) is 26.3 Å². The van der Waals surface area contributed by atoms with E-state index in [1.54, 1.807) is 4.90 Å². The van der Waals surface area contributed by atoms with Crippen LogP contribution in [-0.4, -0.2) is 60.9 Å². The highest BCUT2D eigenvalue weighted by atomic mass is 16.5. The van der Waals surface area contributed by atoms with Gasteiger partial charge in [0.2, 0.25) is 5.91 Å². The Bertz CT molecular complexity index is 294. The molecular formula is C12H21NO5. The van der Waals surface area contributed by atoms with Crippen molar-refractivity contribution in [3.63, 3.8) is 0 Å². The van der Waals surface area contributed by atoms with Crippen molar-refractivity contribution in [3.05, 3.63) is 0 Å². The van der Waals surface area contributed by atoms with E-state index in [1.807, 2.05) is 13.8 Å². The van der Waals surface area contributed by atoms with Crippen LogP contribution in [0.2, 0.25) is 0 Å². The van der Waals surface area contributed by atoms with Crippen LogP contribution in [0.5, 0.6) is 0 Å². The second-order valence-electron chi connectivity index (χ2n) is 4.28. The van der Waals surface area contributed by atoms with Gasteiger partial charge in [0.05, 0.1) is 19.3 Å². The fourth-order valence-corrected chi connectivity index (χ4v) is 2.07. The van der Waals surface area contributed by atoms with Gasteiger partial charge in [-0.3, -0.25) is 9.59 Å². The lowest BCUT2D eigenvalue weighted by Gasteiger charge is -2.29. The fourth-order valence-electron chi connectivity index (χ4n) is 2.07. The SMILES string of the molecule is CCCOCC(=O)N(CC)C1COCC1C(=O)O. The monoisotopic (exact) mass is 259 g/mol. The molecule has 1 fully saturated rings. The van der Waals surface area contributed by atoms with Gasteiger partial charge in [0.1, 0.15) is 12.5 Å². The molecule has 6 heteroatoms.